The van der Waals surface area contributed by atoms with Gasteiger partial charge in [0.05, 0.1) is 0 Å². The van der Waals surface area contributed by atoms with Crippen molar-refractivity contribution in [2.24, 2.45) is 0 Å². The predicted octanol–water partition coefficient (Wildman–Crippen LogP) is 2.26. The Labute approximate surface area is 114 Å². The van der Waals surface area contributed by atoms with Crippen molar-refractivity contribution in [3.63, 3.8) is 0 Å². The molecular formula is C15H23FN2O. The quantitative estimate of drug-likeness (QED) is 0.709. The minimum absolute atomic E-state index is 0.0627. The molecule has 4 heteroatoms. The number of nitrogens with one attached hydrogen (secondary N) is 2. The van der Waals surface area contributed by atoms with Gasteiger partial charge >= 0.3 is 0 Å². The first-order valence-electron chi connectivity index (χ1n) is 6.87. The Morgan fingerprint density at radius 1 is 1.32 bits per heavy atom. The summed E-state index contributed by atoms with van der Waals surface area (Å²) in [6, 6.07) is 7.00. The molecule has 0 saturated carbocycles. The molecule has 1 atom stereocenters. The molecule has 0 fully saturated rings. The molecule has 2 N–H and O–H groups in total. The van der Waals surface area contributed by atoms with Gasteiger partial charge in [-0.05, 0) is 37.9 Å². The second-order valence-corrected chi connectivity index (χ2v) is 4.72. The highest BCUT2D eigenvalue weighted by Gasteiger charge is 2.04. The van der Waals surface area contributed by atoms with E-state index in [1.807, 2.05) is 19.9 Å². The zero-order valence-corrected chi connectivity index (χ0v) is 11.7. The lowest BCUT2D eigenvalue weighted by atomic mass is 10.1. The summed E-state index contributed by atoms with van der Waals surface area (Å²) >= 11 is 0. The van der Waals surface area contributed by atoms with E-state index in [4.69, 9.17) is 0 Å². The average molecular weight is 266 g/mol. The molecule has 3 nitrogen and oxygen atoms in total. The molecule has 1 unspecified atom stereocenters. The van der Waals surface area contributed by atoms with Crippen LogP contribution in [0.2, 0.25) is 0 Å². The number of hydrogen-bond donors (Lipinski definition) is 2. The van der Waals surface area contributed by atoms with Gasteiger partial charge in [-0.3, -0.25) is 4.79 Å². The summed E-state index contributed by atoms with van der Waals surface area (Å²) in [5.74, 6) is -0.105. The van der Waals surface area contributed by atoms with Gasteiger partial charge in [-0.25, -0.2) is 4.39 Å². The number of halogens is 1. The van der Waals surface area contributed by atoms with Crippen LogP contribution in [0.1, 0.15) is 32.3 Å². The van der Waals surface area contributed by atoms with E-state index >= 15 is 0 Å². The van der Waals surface area contributed by atoms with Crippen molar-refractivity contribution < 1.29 is 9.18 Å². The third kappa shape index (κ3) is 6.34. The Hall–Kier alpha value is -1.42. The average Bonchev–Trinajstić information content (AvgIpc) is 2.40. The minimum Gasteiger partial charge on any atom is -0.354 e. The molecule has 0 bridgehead atoms. The molecule has 106 valence electrons. The highest BCUT2D eigenvalue weighted by molar-refractivity contribution is 5.76. The van der Waals surface area contributed by atoms with E-state index in [9.17, 15) is 9.18 Å². The molecule has 0 aliphatic carbocycles. The fourth-order valence-corrected chi connectivity index (χ4v) is 1.70. The summed E-state index contributed by atoms with van der Waals surface area (Å²) in [5, 5.41) is 6.06. The van der Waals surface area contributed by atoms with E-state index < -0.39 is 0 Å². The van der Waals surface area contributed by atoms with Crippen LogP contribution in [0.15, 0.2) is 24.3 Å². The summed E-state index contributed by atoms with van der Waals surface area (Å²) in [6.07, 6.45) is 2.04. The largest absolute Gasteiger partial charge is 0.354 e. The van der Waals surface area contributed by atoms with Crippen molar-refractivity contribution in [2.45, 2.75) is 39.2 Å². The predicted molar refractivity (Wildman–Crippen MR) is 75.5 cm³/mol. The van der Waals surface area contributed by atoms with Crippen molar-refractivity contribution in [1.82, 2.24) is 10.6 Å². The van der Waals surface area contributed by atoms with Crippen LogP contribution in [0.25, 0.3) is 0 Å². The van der Waals surface area contributed by atoms with Gasteiger partial charge in [0.15, 0.2) is 0 Å². The number of rotatable bonds is 8. The van der Waals surface area contributed by atoms with Crippen LogP contribution in [-0.4, -0.2) is 25.0 Å². The Bertz CT molecular complexity index is 395. The third-order valence-electron chi connectivity index (χ3n) is 3.08. The van der Waals surface area contributed by atoms with Crippen LogP contribution in [-0.2, 0) is 11.2 Å². The number of carbonyl (C=O) groups is 1. The van der Waals surface area contributed by atoms with Gasteiger partial charge in [0.25, 0.3) is 0 Å². The minimum atomic E-state index is -0.168. The lowest BCUT2D eigenvalue weighted by Gasteiger charge is -2.11. The van der Waals surface area contributed by atoms with Crippen LogP contribution in [0, 0.1) is 5.82 Å². The Balaban J connectivity index is 2.12. The van der Waals surface area contributed by atoms with Crippen LogP contribution < -0.4 is 10.6 Å². The molecule has 0 heterocycles. The highest BCUT2D eigenvalue weighted by atomic mass is 19.1. The number of amides is 1. The maximum atomic E-state index is 13.3. The van der Waals surface area contributed by atoms with E-state index in [-0.39, 0.29) is 17.8 Å². The lowest BCUT2D eigenvalue weighted by molar-refractivity contribution is -0.121. The van der Waals surface area contributed by atoms with Gasteiger partial charge in [-0.2, -0.15) is 0 Å². The SMILES string of the molecule is CCC(C)NC(=O)CCNCCc1ccccc1F. The highest BCUT2D eigenvalue weighted by Crippen LogP contribution is 2.05. The smallest absolute Gasteiger partial charge is 0.221 e. The van der Waals surface area contributed by atoms with E-state index in [1.54, 1.807) is 12.1 Å². The zero-order chi connectivity index (χ0) is 14.1. The van der Waals surface area contributed by atoms with Gasteiger partial charge in [0, 0.05) is 19.0 Å². The Kier molecular flexibility index (Phi) is 7.11. The maximum absolute atomic E-state index is 13.3. The van der Waals surface area contributed by atoms with Crippen molar-refractivity contribution in [3.8, 4) is 0 Å². The molecule has 19 heavy (non-hydrogen) atoms. The van der Waals surface area contributed by atoms with Gasteiger partial charge in [0.1, 0.15) is 5.82 Å². The first-order chi connectivity index (χ1) is 9.13. The first kappa shape index (κ1) is 15.6. The molecule has 0 aliphatic rings. The summed E-state index contributed by atoms with van der Waals surface area (Å²) < 4.78 is 13.3. The molecule has 0 radical (unpaired) electrons. The summed E-state index contributed by atoms with van der Waals surface area (Å²) in [5.41, 5.74) is 0.707. The van der Waals surface area contributed by atoms with Crippen LogP contribution in [0.3, 0.4) is 0 Å². The molecule has 0 aliphatic heterocycles. The molecule has 1 aromatic rings. The first-order valence-corrected chi connectivity index (χ1v) is 6.87. The zero-order valence-electron chi connectivity index (χ0n) is 11.7. The van der Waals surface area contributed by atoms with Crippen LogP contribution in [0.4, 0.5) is 4.39 Å². The topological polar surface area (TPSA) is 41.1 Å². The van der Waals surface area contributed by atoms with E-state index in [1.165, 1.54) is 6.07 Å². The van der Waals surface area contributed by atoms with Crippen LogP contribution >= 0.6 is 0 Å². The second-order valence-electron chi connectivity index (χ2n) is 4.72. The fraction of sp³-hybridized carbons (Fsp3) is 0.533. The van der Waals surface area contributed by atoms with Gasteiger partial charge < -0.3 is 10.6 Å². The van der Waals surface area contributed by atoms with E-state index in [0.29, 0.717) is 31.5 Å². The molecule has 0 saturated heterocycles. The van der Waals surface area contributed by atoms with Gasteiger partial charge in [0.2, 0.25) is 5.91 Å². The molecule has 1 rings (SSSR count). The molecule has 0 spiro atoms. The monoisotopic (exact) mass is 266 g/mol. The van der Waals surface area contributed by atoms with Crippen molar-refractivity contribution in [2.75, 3.05) is 13.1 Å². The molecular weight excluding hydrogens is 243 g/mol. The molecule has 1 amide bonds. The van der Waals surface area contributed by atoms with Crippen molar-refractivity contribution in [1.29, 1.82) is 0 Å². The fourth-order valence-electron chi connectivity index (χ4n) is 1.70. The van der Waals surface area contributed by atoms with Crippen molar-refractivity contribution >= 4 is 5.91 Å². The van der Waals surface area contributed by atoms with Crippen LogP contribution in [0.5, 0.6) is 0 Å². The summed E-state index contributed by atoms with van der Waals surface area (Å²) in [6.45, 7) is 5.33. The normalized spacial score (nSPS) is 12.2. The summed E-state index contributed by atoms with van der Waals surface area (Å²) in [7, 11) is 0. The lowest BCUT2D eigenvalue weighted by Crippen LogP contribution is -2.34. The molecule has 1 aromatic carbocycles. The van der Waals surface area contributed by atoms with E-state index in [2.05, 4.69) is 10.6 Å². The Morgan fingerprint density at radius 3 is 2.74 bits per heavy atom. The van der Waals surface area contributed by atoms with E-state index in [0.717, 1.165) is 6.42 Å². The third-order valence-corrected chi connectivity index (χ3v) is 3.08. The standard InChI is InChI=1S/C15H23FN2O/c1-3-12(2)18-15(19)9-11-17-10-8-13-6-4-5-7-14(13)16/h4-7,12,17H,3,8-11H2,1-2H3,(H,18,19). The summed E-state index contributed by atoms with van der Waals surface area (Å²) in [4.78, 5) is 11.5. The Morgan fingerprint density at radius 2 is 2.05 bits per heavy atom. The van der Waals surface area contributed by atoms with Gasteiger partial charge in [-0.1, -0.05) is 25.1 Å². The number of benzene rings is 1. The number of hydrogen-bond acceptors (Lipinski definition) is 2. The van der Waals surface area contributed by atoms with Gasteiger partial charge in [-0.15, -0.1) is 0 Å². The number of carbonyl (C=O) groups excluding carboxylic acids is 1. The second kappa shape index (κ2) is 8.64. The van der Waals surface area contributed by atoms with Crippen molar-refractivity contribution in [3.05, 3.63) is 35.6 Å². The maximum Gasteiger partial charge on any atom is 0.221 e. The molecule has 0 aromatic heterocycles.